The van der Waals surface area contributed by atoms with Crippen LogP contribution in [0.25, 0.3) is 11.3 Å². The van der Waals surface area contributed by atoms with Gasteiger partial charge in [0.2, 0.25) is 0 Å². The number of carbonyl (C=O) groups is 1. The maximum Gasteiger partial charge on any atom is 0.336 e. The van der Waals surface area contributed by atoms with Gasteiger partial charge in [-0.3, -0.25) is 9.97 Å². The molecule has 0 saturated carbocycles. The summed E-state index contributed by atoms with van der Waals surface area (Å²) in [6.07, 6.45) is 5.56. The molecule has 2 aromatic rings. The lowest BCUT2D eigenvalue weighted by molar-refractivity contribution is 0.0697. The van der Waals surface area contributed by atoms with E-state index in [1.165, 1.54) is 8.61 Å². The average molecular weight is 404 g/mol. The lowest BCUT2D eigenvalue weighted by Gasteiger charge is -2.32. The number of aromatic nitrogens is 2. The first-order valence-corrected chi connectivity index (χ1v) is 10.5. The normalized spacial score (nSPS) is 16.4. The molecule has 1 aliphatic heterocycles. The molecule has 9 heteroatoms. The van der Waals surface area contributed by atoms with Crippen molar-refractivity contribution in [1.82, 2.24) is 18.6 Å². The van der Waals surface area contributed by atoms with Crippen molar-refractivity contribution in [2.45, 2.75) is 19.3 Å². The van der Waals surface area contributed by atoms with Crippen LogP contribution in [0.5, 0.6) is 0 Å². The topological polar surface area (TPSA) is 104 Å². The van der Waals surface area contributed by atoms with E-state index in [0.717, 1.165) is 25.0 Å². The molecule has 0 bridgehead atoms. The number of hydrogen-bond acceptors (Lipinski definition) is 5. The van der Waals surface area contributed by atoms with Gasteiger partial charge in [0, 0.05) is 38.9 Å². The summed E-state index contributed by atoms with van der Waals surface area (Å²) in [7, 11) is -0.267. The third-order valence-electron chi connectivity index (χ3n) is 5.00. The van der Waals surface area contributed by atoms with Gasteiger partial charge in [0.15, 0.2) is 0 Å². The Morgan fingerprint density at radius 3 is 2.43 bits per heavy atom. The van der Waals surface area contributed by atoms with Gasteiger partial charge >= 0.3 is 5.97 Å². The van der Waals surface area contributed by atoms with Crippen molar-refractivity contribution in [3.05, 3.63) is 47.9 Å². The molecule has 8 nitrogen and oxygen atoms in total. The average Bonchev–Trinajstić information content (AvgIpc) is 2.69. The Kier molecular flexibility index (Phi) is 6.07. The summed E-state index contributed by atoms with van der Waals surface area (Å²) in [6, 6.07) is 6.71. The molecular formula is C19H24N4O4S. The maximum absolute atomic E-state index is 12.2. The predicted octanol–water partition coefficient (Wildman–Crippen LogP) is 1.90. The number of aromatic carboxylic acids is 1. The largest absolute Gasteiger partial charge is 0.478 e. The molecular weight excluding hydrogens is 380 g/mol. The van der Waals surface area contributed by atoms with Crippen molar-refractivity contribution in [2.24, 2.45) is 5.92 Å². The summed E-state index contributed by atoms with van der Waals surface area (Å²) < 4.78 is 27.1. The zero-order chi connectivity index (χ0) is 20.3. The minimum absolute atomic E-state index is 0.194. The van der Waals surface area contributed by atoms with Gasteiger partial charge in [0.1, 0.15) is 0 Å². The zero-order valence-corrected chi connectivity index (χ0v) is 16.8. The molecule has 1 aromatic carbocycles. The minimum Gasteiger partial charge on any atom is -0.478 e. The minimum atomic E-state index is -3.35. The molecule has 0 spiro atoms. The molecule has 3 rings (SSSR count). The van der Waals surface area contributed by atoms with Gasteiger partial charge in [0.05, 0.1) is 23.1 Å². The molecule has 28 heavy (non-hydrogen) atoms. The van der Waals surface area contributed by atoms with Crippen LogP contribution in [0, 0.1) is 5.92 Å². The molecule has 0 unspecified atom stereocenters. The first-order chi connectivity index (χ1) is 13.3. The van der Waals surface area contributed by atoms with E-state index in [4.69, 9.17) is 0 Å². The van der Waals surface area contributed by atoms with E-state index in [9.17, 15) is 18.3 Å². The van der Waals surface area contributed by atoms with Crippen molar-refractivity contribution in [3.8, 4) is 11.3 Å². The van der Waals surface area contributed by atoms with E-state index in [0.29, 0.717) is 30.3 Å². The Morgan fingerprint density at radius 1 is 1.18 bits per heavy atom. The van der Waals surface area contributed by atoms with Crippen molar-refractivity contribution >= 4 is 16.2 Å². The number of nitrogens with zero attached hydrogens (tertiary/aromatic N) is 4. The second-order valence-electron chi connectivity index (χ2n) is 7.08. The van der Waals surface area contributed by atoms with E-state index in [1.807, 2.05) is 0 Å². The first-order valence-electron chi connectivity index (χ1n) is 9.10. The summed E-state index contributed by atoms with van der Waals surface area (Å²) in [5.41, 5.74) is 2.08. The molecule has 1 fully saturated rings. The highest BCUT2D eigenvalue weighted by molar-refractivity contribution is 7.86. The molecule has 150 valence electrons. The van der Waals surface area contributed by atoms with Gasteiger partial charge in [-0.25, -0.2) is 4.79 Å². The van der Waals surface area contributed by atoms with Crippen molar-refractivity contribution in [2.75, 3.05) is 27.2 Å². The van der Waals surface area contributed by atoms with Crippen molar-refractivity contribution in [3.63, 3.8) is 0 Å². The quantitative estimate of drug-likeness (QED) is 0.789. The summed E-state index contributed by atoms with van der Waals surface area (Å²) in [5, 5.41) is 9.31. The predicted molar refractivity (Wildman–Crippen MR) is 105 cm³/mol. The van der Waals surface area contributed by atoms with Crippen LogP contribution in [0.3, 0.4) is 0 Å². The monoisotopic (exact) mass is 404 g/mol. The van der Waals surface area contributed by atoms with Crippen LogP contribution in [-0.2, 0) is 16.6 Å². The van der Waals surface area contributed by atoms with Crippen LogP contribution in [0.15, 0.2) is 36.7 Å². The van der Waals surface area contributed by atoms with Crippen LogP contribution < -0.4 is 0 Å². The van der Waals surface area contributed by atoms with Gasteiger partial charge in [-0.1, -0.05) is 18.2 Å². The lowest BCUT2D eigenvalue weighted by Crippen LogP contribution is -2.44. The van der Waals surface area contributed by atoms with Gasteiger partial charge in [0.25, 0.3) is 10.2 Å². The van der Waals surface area contributed by atoms with Crippen LogP contribution in [0.4, 0.5) is 0 Å². The Hall–Kier alpha value is -2.36. The van der Waals surface area contributed by atoms with E-state index in [-0.39, 0.29) is 5.56 Å². The van der Waals surface area contributed by atoms with Crippen molar-refractivity contribution in [1.29, 1.82) is 0 Å². The smallest absolute Gasteiger partial charge is 0.336 e. The van der Waals surface area contributed by atoms with Crippen LogP contribution in [0.1, 0.15) is 28.9 Å². The van der Waals surface area contributed by atoms with Crippen LogP contribution >= 0.6 is 0 Å². The number of carboxylic acids is 1. The Bertz CT molecular complexity index is 937. The van der Waals surface area contributed by atoms with E-state index in [2.05, 4.69) is 9.97 Å². The highest BCUT2D eigenvalue weighted by Gasteiger charge is 2.29. The fourth-order valence-electron chi connectivity index (χ4n) is 3.36. The fourth-order valence-corrected chi connectivity index (χ4v) is 4.50. The molecule has 1 saturated heterocycles. The molecule has 0 radical (unpaired) electrons. The second kappa shape index (κ2) is 8.34. The first kappa shape index (κ1) is 20.4. The lowest BCUT2D eigenvalue weighted by atomic mass is 9.93. The van der Waals surface area contributed by atoms with Gasteiger partial charge in [-0.15, -0.1) is 0 Å². The van der Waals surface area contributed by atoms with Crippen LogP contribution in [0.2, 0.25) is 0 Å². The number of piperidine rings is 1. The SMILES string of the molecule is CN(C)S(=O)(=O)N1CCC(Cc2cnc(-c3ccccc3C(=O)O)cn2)CC1. The van der Waals surface area contributed by atoms with E-state index in [1.54, 1.807) is 50.8 Å². The summed E-state index contributed by atoms with van der Waals surface area (Å²) in [4.78, 5) is 20.2. The molecule has 1 N–H and O–H groups in total. The number of benzene rings is 1. The Labute approximate surface area is 165 Å². The number of hydrogen-bond donors (Lipinski definition) is 1. The van der Waals surface area contributed by atoms with Gasteiger partial charge in [-0.2, -0.15) is 17.0 Å². The summed E-state index contributed by atoms with van der Waals surface area (Å²) in [6.45, 7) is 1.01. The zero-order valence-electron chi connectivity index (χ0n) is 15.9. The second-order valence-corrected chi connectivity index (χ2v) is 9.22. The molecule has 1 aromatic heterocycles. The molecule has 0 aliphatic carbocycles. The number of rotatable bonds is 6. The Morgan fingerprint density at radius 2 is 1.86 bits per heavy atom. The van der Waals surface area contributed by atoms with Crippen molar-refractivity contribution < 1.29 is 18.3 Å². The third-order valence-corrected chi connectivity index (χ3v) is 6.94. The van der Waals surface area contributed by atoms with Gasteiger partial charge < -0.3 is 5.11 Å². The standard InChI is InChI=1S/C19H24N4O4S/c1-22(2)28(26,27)23-9-7-14(8-10-23)11-15-12-21-18(13-20-15)16-5-3-4-6-17(16)19(24)25/h3-6,12-14H,7-11H2,1-2H3,(H,24,25). The third kappa shape index (κ3) is 4.37. The fraction of sp³-hybridized carbons (Fsp3) is 0.421. The highest BCUT2D eigenvalue weighted by atomic mass is 32.2. The Balaban J connectivity index is 1.64. The molecule has 1 aliphatic rings. The highest BCUT2D eigenvalue weighted by Crippen LogP contribution is 2.25. The van der Waals surface area contributed by atoms with E-state index >= 15 is 0 Å². The molecule has 0 atom stereocenters. The summed E-state index contributed by atoms with van der Waals surface area (Å²) >= 11 is 0. The molecule has 2 heterocycles. The number of carboxylic acid groups (broad SMARTS) is 1. The molecule has 0 amide bonds. The van der Waals surface area contributed by atoms with Gasteiger partial charge in [-0.05, 0) is 31.2 Å². The van der Waals surface area contributed by atoms with Crippen LogP contribution in [-0.4, -0.2) is 65.3 Å². The summed E-state index contributed by atoms with van der Waals surface area (Å²) in [5.74, 6) is -0.652. The maximum atomic E-state index is 12.2. The van der Waals surface area contributed by atoms with E-state index < -0.39 is 16.2 Å².